The lowest BCUT2D eigenvalue weighted by molar-refractivity contribution is 0.463. The molecule has 0 saturated carbocycles. The molecular formula is C14H22BrNS2. The average molecular weight is 348 g/mol. The fourth-order valence-corrected chi connectivity index (χ4v) is 5.37. The van der Waals surface area contributed by atoms with Gasteiger partial charge in [0.2, 0.25) is 0 Å². The number of thioether (sulfide) groups is 1. The zero-order valence-electron chi connectivity index (χ0n) is 11.0. The van der Waals surface area contributed by atoms with Crippen molar-refractivity contribution >= 4 is 39.0 Å². The Balaban J connectivity index is 1.94. The van der Waals surface area contributed by atoms with Gasteiger partial charge in [-0.25, -0.2) is 0 Å². The van der Waals surface area contributed by atoms with Crippen molar-refractivity contribution < 1.29 is 0 Å². The fourth-order valence-electron chi connectivity index (χ4n) is 2.43. The maximum absolute atomic E-state index is 3.77. The van der Waals surface area contributed by atoms with Gasteiger partial charge < -0.3 is 5.32 Å². The Morgan fingerprint density at radius 1 is 1.50 bits per heavy atom. The molecular weight excluding hydrogens is 326 g/mol. The summed E-state index contributed by atoms with van der Waals surface area (Å²) >= 11 is 7.61. The molecule has 1 N–H and O–H groups in total. The minimum absolute atomic E-state index is 0.654. The van der Waals surface area contributed by atoms with Crippen molar-refractivity contribution in [2.45, 2.75) is 50.3 Å². The molecule has 2 atom stereocenters. The first-order valence-corrected chi connectivity index (χ1v) is 9.59. The van der Waals surface area contributed by atoms with Gasteiger partial charge in [-0.2, -0.15) is 11.8 Å². The molecule has 1 aromatic rings. The third kappa shape index (κ3) is 4.55. The van der Waals surface area contributed by atoms with Crippen molar-refractivity contribution in [1.29, 1.82) is 0 Å². The molecule has 2 heterocycles. The number of halogens is 1. The summed E-state index contributed by atoms with van der Waals surface area (Å²) < 4.78 is 1.23. The lowest BCUT2D eigenvalue weighted by Crippen LogP contribution is -2.41. The Labute approximate surface area is 127 Å². The van der Waals surface area contributed by atoms with Crippen LogP contribution >= 0.6 is 39.0 Å². The number of nitrogens with one attached hydrogen (secondary N) is 1. The van der Waals surface area contributed by atoms with E-state index < -0.39 is 0 Å². The van der Waals surface area contributed by atoms with Gasteiger partial charge in [-0.15, -0.1) is 11.3 Å². The maximum atomic E-state index is 3.77. The van der Waals surface area contributed by atoms with Gasteiger partial charge in [0, 0.05) is 26.0 Å². The molecule has 1 fully saturated rings. The third-order valence-electron chi connectivity index (χ3n) is 3.36. The van der Waals surface area contributed by atoms with Crippen LogP contribution in [0.1, 0.15) is 37.5 Å². The predicted molar refractivity (Wildman–Crippen MR) is 87.9 cm³/mol. The van der Waals surface area contributed by atoms with Gasteiger partial charge in [-0.3, -0.25) is 0 Å². The lowest BCUT2D eigenvalue weighted by atomic mass is 10.0. The first-order chi connectivity index (χ1) is 8.79. The SMILES string of the molecule is CCCNC(Cc1cc(Br)cs1)C1CCCCS1. The van der Waals surface area contributed by atoms with Crippen LogP contribution < -0.4 is 5.32 Å². The molecule has 18 heavy (non-hydrogen) atoms. The van der Waals surface area contributed by atoms with E-state index in [9.17, 15) is 0 Å². The van der Waals surface area contributed by atoms with Gasteiger partial charge in [0.05, 0.1) is 0 Å². The topological polar surface area (TPSA) is 12.0 Å². The van der Waals surface area contributed by atoms with Crippen LogP contribution in [-0.4, -0.2) is 23.6 Å². The number of hydrogen-bond donors (Lipinski definition) is 1. The van der Waals surface area contributed by atoms with Crippen molar-refractivity contribution in [2.75, 3.05) is 12.3 Å². The summed E-state index contributed by atoms with van der Waals surface area (Å²) in [5, 5.41) is 6.77. The van der Waals surface area contributed by atoms with E-state index in [1.807, 2.05) is 11.3 Å². The zero-order valence-corrected chi connectivity index (χ0v) is 14.2. The summed E-state index contributed by atoms with van der Waals surface area (Å²) in [4.78, 5) is 1.50. The van der Waals surface area contributed by atoms with E-state index in [-0.39, 0.29) is 0 Å². The molecule has 0 amide bonds. The molecule has 2 rings (SSSR count). The molecule has 1 aliphatic heterocycles. The van der Waals surface area contributed by atoms with Crippen LogP contribution in [0.25, 0.3) is 0 Å². The van der Waals surface area contributed by atoms with Crippen LogP contribution in [-0.2, 0) is 6.42 Å². The van der Waals surface area contributed by atoms with Crippen molar-refractivity contribution in [1.82, 2.24) is 5.32 Å². The summed E-state index contributed by atoms with van der Waals surface area (Å²) in [7, 11) is 0. The number of thiophene rings is 1. The molecule has 0 spiro atoms. The quantitative estimate of drug-likeness (QED) is 0.799. The van der Waals surface area contributed by atoms with Crippen LogP contribution in [0, 0.1) is 0 Å². The Hall–Kier alpha value is 0.490. The molecule has 0 bridgehead atoms. The Bertz CT molecular complexity index is 347. The molecule has 0 aliphatic carbocycles. The van der Waals surface area contributed by atoms with Gasteiger partial charge in [-0.05, 0) is 60.0 Å². The van der Waals surface area contributed by atoms with Crippen molar-refractivity contribution in [3.05, 3.63) is 20.8 Å². The minimum atomic E-state index is 0.654. The molecule has 0 aromatic carbocycles. The first-order valence-electron chi connectivity index (χ1n) is 6.87. The first kappa shape index (κ1) is 14.9. The van der Waals surface area contributed by atoms with E-state index in [1.165, 1.54) is 47.2 Å². The molecule has 0 radical (unpaired) electrons. The molecule has 2 unspecified atom stereocenters. The summed E-state index contributed by atoms with van der Waals surface area (Å²) in [6.07, 6.45) is 6.62. The van der Waals surface area contributed by atoms with Crippen molar-refractivity contribution in [2.24, 2.45) is 0 Å². The second-order valence-electron chi connectivity index (χ2n) is 4.90. The average Bonchev–Trinajstić information content (AvgIpc) is 2.81. The van der Waals surface area contributed by atoms with Crippen LogP contribution in [0.2, 0.25) is 0 Å². The molecule has 1 saturated heterocycles. The highest BCUT2D eigenvalue weighted by molar-refractivity contribution is 9.10. The van der Waals surface area contributed by atoms with Crippen LogP contribution in [0.5, 0.6) is 0 Å². The summed E-state index contributed by atoms with van der Waals surface area (Å²) in [5.41, 5.74) is 0. The second-order valence-corrected chi connectivity index (χ2v) is 8.16. The maximum Gasteiger partial charge on any atom is 0.0285 e. The monoisotopic (exact) mass is 347 g/mol. The Morgan fingerprint density at radius 3 is 3.00 bits per heavy atom. The second kappa shape index (κ2) is 7.93. The summed E-state index contributed by atoms with van der Waals surface area (Å²) in [6, 6.07) is 2.93. The van der Waals surface area contributed by atoms with Crippen molar-refractivity contribution in [3.8, 4) is 0 Å². The molecule has 1 aromatic heterocycles. The largest absolute Gasteiger partial charge is 0.313 e. The zero-order chi connectivity index (χ0) is 12.8. The van der Waals surface area contributed by atoms with E-state index in [0.717, 1.165) is 11.8 Å². The smallest absolute Gasteiger partial charge is 0.0285 e. The van der Waals surface area contributed by atoms with Gasteiger partial charge >= 0.3 is 0 Å². The minimum Gasteiger partial charge on any atom is -0.313 e. The van der Waals surface area contributed by atoms with Gasteiger partial charge in [0.25, 0.3) is 0 Å². The van der Waals surface area contributed by atoms with E-state index >= 15 is 0 Å². The van der Waals surface area contributed by atoms with Crippen LogP contribution in [0.4, 0.5) is 0 Å². The fraction of sp³-hybridized carbons (Fsp3) is 0.714. The summed E-state index contributed by atoms with van der Waals surface area (Å²) in [6.45, 7) is 3.40. The number of rotatable bonds is 6. The molecule has 102 valence electrons. The highest BCUT2D eigenvalue weighted by Gasteiger charge is 2.24. The third-order valence-corrected chi connectivity index (χ3v) is 6.60. The van der Waals surface area contributed by atoms with E-state index in [1.54, 1.807) is 0 Å². The Morgan fingerprint density at radius 2 is 2.39 bits per heavy atom. The Kier molecular flexibility index (Phi) is 6.56. The van der Waals surface area contributed by atoms with E-state index in [2.05, 4.69) is 51.4 Å². The highest BCUT2D eigenvalue weighted by Crippen LogP contribution is 2.30. The standard InChI is InChI=1S/C14H22BrNS2/c1-2-6-16-13(14-5-3-4-7-17-14)9-12-8-11(15)10-18-12/h8,10,13-14,16H,2-7,9H2,1H3. The predicted octanol–water partition coefficient (Wildman–Crippen LogP) is 4.71. The van der Waals surface area contributed by atoms with Gasteiger partial charge in [-0.1, -0.05) is 13.3 Å². The molecule has 4 heteroatoms. The normalized spacial score (nSPS) is 22.0. The number of hydrogen-bond acceptors (Lipinski definition) is 3. The van der Waals surface area contributed by atoms with Gasteiger partial charge in [0.15, 0.2) is 0 Å². The van der Waals surface area contributed by atoms with Crippen LogP contribution in [0.3, 0.4) is 0 Å². The van der Waals surface area contributed by atoms with E-state index in [0.29, 0.717) is 6.04 Å². The van der Waals surface area contributed by atoms with Crippen LogP contribution in [0.15, 0.2) is 15.9 Å². The van der Waals surface area contributed by atoms with E-state index in [4.69, 9.17) is 0 Å². The van der Waals surface area contributed by atoms with Crippen molar-refractivity contribution in [3.63, 3.8) is 0 Å². The molecule has 1 aliphatic rings. The summed E-state index contributed by atoms with van der Waals surface area (Å²) in [5.74, 6) is 1.35. The highest BCUT2D eigenvalue weighted by atomic mass is 79.9. The molecule has 1 nitrogen and oxygen atoms in total. The lowest BCUT2D eigenvalue weighted by Gasteiger charge is -2.30. The van der Waals surface area contributed by atoms with Gasteiger partial charge in [0.1, 0.15) is 0 Å².